The van der Waals surface area contributed by atoms with Crippen LogP contribution in [-0.2, 0) is 24.7 Å². The fraction of sp³-hybridized carbons (Fsp3) is 0.406. The average Bonchev–Trinajstić information content (AvgIpc) is 3.38. The Bertz CT molecular complexity index is 1710. The van der Waals surface area contributed by atoms with Crippen molar-refractivity contribution < 1.29 is 33.0 Å². The number of benzene rings is 2. The molecule has 0 aliphatic carbocycles. The van der Waals surface area contributed by atoms with Crippen LogP contribution in [0.2, 0.25) is 0 Å². The number of fused-ring (bicyclic) bond motifs is 6. The number of anilines is 3. The largest absolute Gasteiger partial charge is 0.453 e. The van der Waals surface area contributed by atoms with Gasteiger partial charge in [-0.1, -0.05) is 12.5 Å². The highest BCUT2D eigenvalue weighted by atomic mass is 19.1. The van der Waals surface area contributed by atoms with Crippen LogP contribution >= 0.6 is 0 Å². The highest BCUT2D eigenvalue weighted by molar-refractivity contribution is 5.97. The second-order valence-corrected chi connectivity index (χ2v) is 11.8. The van der Waals surface area contributed by atoms with Gasteiger partial charge in [-0.15, -0.1) is 0 Å². The third kappa shape index (κ3) is 5.69. The number of H-pyrrole nitrogens is 1. The maximum atomic E-state index is 15.6. The van der Waals surface area contributed by atoms with Crippen molar-refractivity contribution in [1.29, 1.82) is 0 Å². The van der Waals surface area contributed by atoms with E-state index in [1.54, 1.807) is 42.2 Å². The number of imidazole rings is 1. The molecular formula is C32H35FN6O6. The Hall–Kier alpha value is -4.94. The van der Waals surface area contributed by atoms with Crippen molar-refractivity contribution in [2.45, 2.75) is 63.9 Å². The van der Waals surface area contributed by atoms with E-state index in [9.17, 15) is 19.2 Å². The number of aromatic nitrogens is 2. The number of methoxy groups -OCH3 is 1. The van der Waals surface area contributed by atoms with Gasteiger partial charge in [-0.25, -0.2) is 19.0 Å². The van der Waals surface area contributed by atoms with E-state index in [4.69, 9.17) is 14.5 Å². The molecule has 1 saturated heterocycles. The van der Waals surface area contributed by atoms with Gasteiger partial charge in [0, 0.05) is 29.9 Å². The molecule has 236 valence electrons. The minimum absolute atomic E-state index is 0.0108. The number of halogens is 1. The Morgan fingerprint density at radius 1 is 1.11 bits per heavy atom. The van der Waals surface area contributed by atoms with E-state index in [1.165, 1.54) is 7.11 Å². The van der Waals surface area contributed by atoms with Crippen molar-refractivity contribution in [3.63, 3.8) is 0 Å². The van der Waals surface area contributed by atoms with Gasteiger partial charge in [0.25, 0.3) is 0 Å². The van der Waals surface area contributed by atoms with Crippen molar-refractivity contribution in [2.24, 2.45) is 0 Å². The maximum absolute atomic E-state index is 15.6. The number of piperidine rings is 1. The van der Waals surface area contributed by atoms with Crippen molar-refractivity contribution >= 4 is 41.1 Å². The van der Waals surface area contributed by atoms with Crippen LogP contribution in [0.15, 0.2) is 30.3 Å². The lowest BCUT2D eigenvalue weighted by Gasteiger charge is -2.45. The third-order valence-corrected chi connectivity index (χ3v) is 8.74. The van der Waals surface area contributed by atoms with Gasteiger partial charge in [0.15, 0.2) is 5.60 Å². The number of carbonyl (C=O) groups is 4. The average molecular weight is 619 g/mol. The van der Waals surface area contributed by atoms with Crippen LogP contribution in [0.3, 0.4) is 0 Å². The van der Waals surface area contributed by atoms with Gasteiger partial charge < -0.3 is 24.7 Å². The summed E-state index contributed by atoms with van der Waals surface area (Å²) in [4.78, 5) is 61.4. The molecule has 2 atom stereocenters. The number of carbonyl (C=O) groups excluding carboxylic acids is 4. The van der Waals surface area contributed by atoms with Gasteiger partial charge in [-0.2, -0.15) is 0 Å². The molecule has 2 aromatic carbocycles. The zero-order valence-corrected chi connectivity index (χ0v) is 25.3. The number of aromatic amines is 1. The van der Waals surface area contributed by atoms with Gasteiger partial charge >= 0.3 is 12.2 Å². The third-order valence-electron chi connectivity index (χ3n) is 8.74. The van der Waals surface area contributed by atoms with Crippen molar-refractivity contribution in [3.05, 3.63) is 58.8 Å². The van der Waals surface area contributed by atoms with Crippen LogP contribution in [0.5, 0.6) is 0 Å². The smallest absolute Gasteiger partial charge is 0.412 e. The molecule has 1 fully saturated rings. The summed E-state index contributed by atoms with van der Waals surface area (Å²) in [5.74, 6) is -1.06. The molecule has 4 heterocycles. The predicted molar refractivity (Wildman–Crippen MR) is 163 cm³/mol. The molecule has 13 heteroatoms. The lowest BCUT2D eigenvalue weighted by molar-refractivity contribution is -0.141. The molecule has 0 saturated carbocycles. The Kier molecular flexibility index (Phi) is 7.94. The van der Waals surface area contributed by atoms with Gasteiger partial charge in [-0.05, 0) is 69.4 Å². The van der Waals surface area contributed by atoms with E-state index >= 15 is 4.39 Å². The molecule has 3 aromatic rings. The second kappa shape index (κ2) is 11.9. The molecule has 1 unspecified atom stereocenters. The number of rotatable bonds is 2. The maximum Gasteiger partial charge on any atom is 0.412 e. The number of amides is 4. The number of likely N-dealkylation sites (tertiary alicyclic amines) is 1. The summed E-state index contributed by atoms with van der Waals surface area (Å²) in [6.45, 7) is 3.92. The first-order chi connectivity index (χ1) is 21.6. The topological polar surface area (TPSA) is 155 Å². The number of aryl methyl sites for hydroxylation is 2. The standard InChI is InChI=1S/C32H35FN6O6/c1-17-9-12-22-25(26(17)33)32(45-31(43)37-22)13-6-14-39(16-32)29(41)21-7-4-5-8-24(40)36-23-15-19(35-30(42)44-3)10-11-20(23)27-18(2)34-28(21)38-27/h9-12,15,21H,4-8,13-14,16H2,1-3H3,(H,34,38)(H,35,42)(H,36,40)(H,37,43)/t21?,32-/m0/s1. The zero-order valence-electron chi connectivity index (χ0n) is 25.3. The summed E-state index contributed by atoms with van der Waals surface area (Å²) in [5.41, 5.74) is 2.47. The first kappa shape index (κ1) is 30.1. The summed E-state index contributed by atoms with van der Waals surface area (Å²) in [6, 6.07) is 8.33. The predicted octanol–water partition coefficient (Wildman–Crippen LogP) is 5.69. The lowest BCUT2D eigenvalue weighted by Crippen LogP contribution is -2.54. The molecule has 3 aliphatic rings. The SMILES string of the molecule is COC(=O)Nc1ccc2c(c1)NC(=O)CCCCC(C(=O)N1CCC[C@@]3(C1)OC(=O)Nc1ccc(C)c(F)c13)c1nc-2c(C)[nH]1. The number of hydrogen-bond donors (Lipinski definition) is 4. The summed E-state index contributed by atoms with van der Waals surface area (Å²) in [5, 5.41) is 8.15. The molecule has 4 N–H and O–H groups in total. The first-order valence-electron chi connectivity index (χ1n) is 15.0. The fourth-order valence-corrected chi connectivity index (χ4v) is 6.55. The van der Waals surface area contributed by atoms with Crippen LogP contribution < -0.4 is 16.0 Å². The van der Waals surface area contributed by atoms with E-state index in [-0.39, 0.29) is 30.3 Å². The van der Waals surface area contributed by atoms with E-state index in [2.05, 4.69) is 20.9 Å². The molecule has 2 bridgehead atoms. The molecule has 12 nitrogen and oxygen atoms in total. The fourth-order valence-electron chi connectivity index (χ4n) is 6.55. The van der Waals surface area contributed by atoms with Crippen molar-refractivity contribution in [1.82, 2.24) is 14.9 Å². The monoisotopic (exact) mass is 618 g/mol. The van der Waals surface area contributed by atoms with Crippen molar-refractivity contribution in [3.8, 4) is 11.3 Å². The summed E-state index contributed by atoms with van der Waals surface area (Å²) in [6.07, 6.45) is 1.34. The quantitative estimate of drug-likeness (QED) is 0.288. The van der Waals surface area contributed by atoms with Gasteiger partial charge in [0.05, 0.1) is 42.2 Å². The highest BCUT2D eigenvalue weighted by Gasteiger charge is 2.49. The van der Waals surface area contributed by atoms with Crippen LogP contribution in [0.25, 0.3) is 11.3 Å². The Labute approximate surface area is 259 Å². The first-order valence-corrected chi connectivity index (χ1v) is 15.0. The lowest BCUT2D eigenvalue weighted by atomic mass is 9.81. The normalized spacial score (nSPS) is 21.2. The Morgan fingerprint density at radius 3 is 2.73 bits per heavy atom. The molecule has 3 aliphatic heterocycles. The molecule has 45 heavy (non-hydrogen) atoms. The number of nitrogens with zero attached hydrogens (tertiary/aromatic N) is 2. The van der Waals surface area contributed by atoms with Crippen molar-refractivity contribution in [2.75, 3.05) is 36.1 Å². The van der Waals surface area contributed by atoms with Crippen LogP contribution in [-0.4, -0.2) is 59.1 Å². The Morgan fingerprint density at radius 2 is 1.93 bits per heavy atom. The minimum Gasteiger partial charge on any atom is -0.453 e. The molecule has 1 aromatic heterocycles. The molecule has 0 radical (unpaired) electrons. The van der Waals surface area contributed by atoms with E-state index < -0.39 is 29.5 Å². The van der Waals surface area contributed by atoms with Crippen LogP contribution in [0.4, 0.5) is 31.0 Å². The number of hydrogen-bond acceptors (Lipinski definition) is 7. The summed E-state index contributed by atoms with van der Waals surface area (Å²) >= 11 is 0. The number of nitrogens with one attached hydrogen (secondary N) is 4. The van der Waals surface area contributed by atoms with E-state index in [1.807, 2.05) is 6.92 Å². The van der Waals surface area contributed by atoms with Gasteiger partial charge in [0.2, 0.25) is 11.8 Å². The minimum atomic E-state index is -1.32. The van der Waals surface area contributed by atoms with Gasteiger partial charge in [-0.3, -0.25) is 20.2 Å². The van der Waals surface area contributed by atoms with Crippen LogP contribution in [0, 0.1) is 19.7 Å². The second-order valence-electron chi connectivity index (χ2n) is 11.8. The van der Waals surface area contributed by atoms with E-state index in [0.717, 1.165) is 0 Å². The Balaban J connectivity index is 1.35. The van der Waals surface area contributed by atoms with E-state index in [0.29, 0.717) is 84.1 Å². The van der Waals surface area contributed by atoms with Gasteiger partial charge in [0.1, 0.15) is 11.6 Å². The highest BCUT2D eigenvalue weighted by Crippen LogP contribution is 2.45. The zero-order chi connectivity index (χ0) is 31.9. The van der Waals surface area contributed by atoms with Crippen LogP contribution in [0.1, 0.15) is 67.1 Å². The number of ether oxygens (including phenoxy) is 2. The summed E-state index contributed by atoms with van der Waals surface area (Å²) in [7, 11) is 1.26. The molecule has 1 spiro atoms. The summed E-state index contributed by atoms with van der Waals surface area (Å²) < 4.78 is 26.1. The molecule has 4 amide bonds. The molecular weight excluding hydrogens is 583 g/mol. The molecule has 6 rings (SSSR count).